The molecule has 0 aliphatic heterocycles. The van der Waals surface area contributed by atoms with Crippen LogP contribution in [0.3, 0.4) is 0 Å². The molecule has 0 radical (unpaired) electrons. The normalized spacial score (nSPS) is 11.0. The molecule has 0 unspecified atom stereocenters. The third-order valence-corrected chi connectivity index (χ3v) is 3.44. The maximum Gasteiger partial charge on any atom is 2.00 e. The average molecular weight is 323 g/mol. The van der Waals surface area contributed by atoms with Crippen LogP contribution >= 0.6 is 0 Å². The predicted octanol–water partition coefficient (Wildman–Crippen LogP) is 3.73. The molecular formula is C20H26MgO2. The Morgan fingerprint density at radius 3 is 0.913 bits per heavy atom. The van der Waals surface area contributed by atoms with Crippen LogP contribution in [0.2, 0.25) is 0 Å². The van der Waals surface area contributed by atoms with E-state index in [0.717, 1.165) is 0 Å². The van der Waals surface area contributed by atoms with Crippen LogP contribution in [0.1, 0.15) is 52.7 Å². The second-order valence-corrected chi connectivity index (χ2v) is 7.55. The second kappa shape index (κ2) is 8.60. The molecule has 0 saturated carbocycles. The van der Waals surface area contributed by atoms with Crippen molar-refractivity contribution in [2.24, 2.45) is 0 Å². The molecule has 2 nitrogen and oxygen atoms in total. The fraction of sp³-hybridized carbons (Fsp3) is 0.400. The summed E-state index contributed by atoms with van der Waals surface area (Å²) in [5, 5.41) is 21.5. The quantitative estimate of drug-likeness (QED) is 0.694. The Kier molecular flexibility index (Phi) is 8.15. The van der Waals surface area contributed by atoms with Gasteiger partial charge in [-0.3, -0.25) is 0 Å². The van der Waals surface area contributed by atoms with E-state index < -0.39 is 0 Å². The van der Waals surface area contributed by atoms with Crippen molar-refractivity contribution in [3.63, 3.8) is 0 Å². The fourth-order valence-electron chi connectivity index (χ4n) is 1.91. The van der Waals surface area contributed by atoms with Gasteiger partial charge in [0.05, 0.1) is 0 Å². The van der Waals surface area contributed by atoms with Crippen molar-refractivity contribution in [2.75, 3.05) is 0 Å². The molecule has 0 N–H and O–H groups in total. The number of hydrogen-bond donors (Lipinski definition) is 0. The van der Waals surface area contributed by atoms with E-state index in [1.165, 1.54) is 11.1 Å². The summed E-state index contributed by atoms with van der Waals surface area (Å²) in [6, 6.07) is 14.0. The largest absolute Gasteiger partial charge is 2.00 e. The minimum absolute atomic E-state index is 0. The Morgan fingerprint density at radius 1 is 0.522 bits per heavy atom. The van der Waals surface area contributed by atoms with Crippen molar-refractivity contribution in [1.29, 1.82) is 0 Å². The number of hydrogen-bond acceptors (Lipinski definition) is 2. The molecular weight excluding hydrogens is 297 g/mol. The summed E-state index contributed by atoms with van der Waals surface area (Å²) < 4.78 is 0. The summed E-state index contributed by atoms with van der Waals surface area (Å²) >= 11 is 0. The van der Waals surface area contributed by atoms with Crippen LogP contribution in [0, 0.1) is 0 Å². The van der Waals surface area contributed by atoms with Gasteiger partial charge in [0.15, 0.2) is 0 Å². The number of rotatable bonds is 0. The number of benzene rings is 2. The third-order valence-electron chi connectivity index (χ3n) is 3.44. The Labute approximate surface area is 156 Å². The zero-order valence-corrected chi connectivity index (χ0v) is 16.6. The van der Waals surface area contributed by atoms with Crippen molar-refractivity contribution in [1.82, 2.24) is 0 Å². The topological polar surface area (TPSA) is 46.1 Å². The first kappa shape index (κ1) is 21.8. The van der Waals surface area contributed by atoms with Crippen molar-refractivity contribution < 1.29 is 10.2 Å². The van der Waals surface area contributed by atoms with Gasteiger partial charge in [-0.1, -0.05) is 90.1 Å². The molecule has 0 bridgehead atoms. The standard InChI is InChI=1S/2C10H14O.Mg/c2*1-10(2,3)8-4-6-9(11)7-5-8;/h2*4-7,11H,1-3H3;/q;;+2/p-2. The molecule has 0 spiro atoms. The van der Waals surface area contributed by atoms with Gasteiger partial charge in [0.2, 0.25) is 0 Å². The molecule has 0 heterocycles. The van der Waals surface area contributed by atoms with Crippen LogP contribution in [-0.2, 0) is 10.8 Å². The van der Waals surface area contributed by atoms with Gasteiger partial charge in [0.1, 0.15) is 0 Å². The van der Waals surface area contributed by atoms with E-state index in [0.29, 0.717) is 0 Å². The van der Waals surface area contributed by atoms with Crippen molar-refractivity contribution in [2.45, 2.75) is 52.4 Å². The molecule has 0 aliphatic carbocycles. The molecule has 0 aromatic heterocycles. The van der Waals surface area contributed by atoms with Gasteiger partial charge in [-0.25, -0.2) is 0 Å². The molecule has 120 valence electrons. The third kappa shape index (κ3) is 7.75. The van der Waals surface area contributed by atoms with Crippen LogP contribution < -0.4 is 10.2 Å². The van der Waals surface area contributed by atoms with E-state index in [1.807, 2.05) is 24.3 Å². The van der Waals surface area contributed by atoms with Gasteiger partial charge in [-0.05, 0) is 22.0 Å². The van der Waals surface area contributed by atoms with Crippen LogP contribution in [0.5, 0.6) is 11.5 Å². The summed E-state index contributed by atoms with van der Waals surface area (Å²) in [4.78, 5) is 0. The second-order valence-electron chi connectivity index (χ2n) is 7.55. The molecule has 0 fully saturated rings. The molecule has 3 heteroatoms. The molecule has 2 rings (SSSR count). The molecule has 23 heavy (non-hydrogen) atoms. The van der Waals surface area contributed by atoms with E-state index in [4.69, 9.17) is 0 Å². The van der Waals surface area contributed by atoms with Crippen LogP contribution in [0.15, 0.2) is 48.5 Å². The Hall–Kier alpha value is -1.19. The van der Waals surface area contributed by atoms with Gasteiger partial charge in [-0.2, -0.15) is 0 Å². The molecule has 2 aromatic carbocycles. The van der Waals surface area contributed by atoms with Crippen LogP contribution in [0.25, 0.3) is 0 Å². The Balaban J connectivity index is 0.000000403. The first-order valence-corrected chi connectivity index (χ1v) is 7.55. The first-order chi connectivity index (χ1) is 10.00. The van der Waals surface area contributed by atoms with E-state index >= 15 is 0 Å². The summed E-state index contributed by atoms with van der Waals surface area (Å²) in [6.07, 6.45) is 0. The van der Waals surface area contributed by atoms with E-state index in [1.54, 1.807) is 24.3 Å². The Bertz CT molecular complexity index is 518. The van der Waals surface area contributed by atoms with Crippen LogP contribution in [0.4, 0.5) is 0 Å². The molecule has 0 atom stereocenters. The first-order valence-electron chi connectivity index (χ1n) is 7.55. The van der Waals surface area contributed by atoms with Gasteiger partial charge < -0.3 is 10.2 Å². The summed E-state index contributed by atoms with van der Waals surface area (Å²) in [5.74, 6) is 0.163. The van der Waals surface area contributed by atoms with Crippen molar-refractivity contribution in [3.8, 4) is 11.5 Å². The van der Waals surface area contributed by atoms with E-state index in [9.17, 15) is 10.2 Å². The summed E-state index contributed by atoms with van der Waals surface area (Å²) in [7, 11) is 0. The zero-order valence-electron chi connectivity index (χ0n) is 15.1. The molecule has 2 aromatic rings. The van der Waals surface area contributed by atoms with E-state index in [2.05, 4.69) is 41.5 Å². The fourth-order valence-corrected chi connectivity index (χ4v) is 1.91. The van der Waals surface area contributed by atoms with Gasteiger partial charge in [0, 0.05) is 0 Å². The summed E-state index contributed by atoms with van der Waals surface area (Å²) in [5.41, 5.74) is 2.70. The van der Waals surface area contributed by atoms with Gasteiger partial charge >= 0.3 is 23.1 Å². The maximum atomic E-state index is 10.7. The zero-order chi connectivity index (χ0) is 17.0. The molecule has 0 amide bonds. The monoisotopic (exact) mass is 322 g/mol. The molecule has 0 aliphatic rings. The van der Waals surface area contributed by atoms with Crippen LogP contribution in [-0.4, -0.2) is 23.1 Å². The Morgan fingerprint density at radius 2 is 0.739 bits per heavy atom. The minimum Gasteiger partial charge on any atom is -0.872 e. The average Bonchev–Trinajstić information content (AvgIpc) is 2.38. The van der Waals surface area contributed by atoms with Gasteiger partial charge in [0.25, 0.3) is 0 Å². The SMILES string of the molecule is CC(C)(C)c1ccc([O-])cc1.CC(C)(C)c1ccc([O-])cc1.[Mg+2]. The minimum atomic E-state index is 0. The van der Waals surface area contributed by atoms with E-state index in [-0.39, 0.29) is 45.4 Å². The summed E-state index contributed by atoms with van der Waals surface area (Å²) in [6.45, 7) is 12.8. The van der Waals surface area contributed by atoms with Crippen molar-refractivity contribution in [3.05, 3.63) is 59.7 Å². The predicted molar refractivity (Wildman–Crippen MR) is 94.9 cm³/mol. The van der Waals surface area contributed by atoms with Gasteiger partial charge in [-0.15, -0.1) is 11.5 Å². The maximum absolute atomic E-state index is 10.7. The smallest absolute Gasteiger partial charge is 0.872 e. The van der Waals surface area contributed by atoms with Crippen molar-refractivity contribution >= 4 is 23.1 Å². The molecule has 0 saturated heterocycles.